The summed E-state index contributed by atoms with van der Waals surface area (Å²) in [5.41, 5.74) is 4.19. The minimum absolute atomic E-state index is 0.238. The highest BCUT2D eigenvalue weighted by Gasteiger charge is 2.40. The molecular weight excluding hydrogens is 336 g/mol. The Hall–Kier alpha value is -2.47. The molecule has 1 aliphatic heterocycles. The van der Waals surface area contributed by atoms with Crippen molar-refractivity contribution in [1.29, 1.82) is 0 Å². The minimum Gasteiger partial charge on any atom is -0.366 e. The molecule has 6 heteroatoms. The smallest absolute Gasteiger partial charge is 0.155 e. The second kappa shape index (κ2) is 7.27. The van der Waals surface area contributed by atoms with E-state index in [1.165, 1.54) is 12.8 Å². The van der Waals surface area contributed by atoms with E-state index in [1.54, 1.807) is 0 Å². The van der Waals surface area contributed by atoms with Crippen LogP contribution in [-0.4, -0.2) is 38.5 Å². The molecule has 2 N–H and O–H groups in total. The molecule has 1 aliphatic carbocycles. The lowest BCUT2D eigenvalue weighted by atomic mass is 10.1. The first-order valence-corrected chi connectivity index (χ1v) is 10.00. The molecule has 2 fully saturated rings. The van der Waals surface area contributed by atoms with Gasteiger partial charge in [0, 0.05) is 24.2 Å². The van der Waals surface area contributed by atoms with Gasteiger partial charge in [0.25, 0.3) is 0 Å². The van der Waals surface area contributed by atoms with Gasteiger partial charge in [0.2, 0.25) is 0 Å². The van der Waals surface area contributed by atoms with E-state index in [1.807, 2.05) is 38.4 Å². The molecule has 0 aromatic carbocycles. The van der Waals surface area contributed by atoms with Crippen molar-refractivity contribution >= 4 is 11.5 Å². The standard InChI is InChI=1S/C19H22N6.C2H6/c1-19(6-7-19)16-12-25-15(10-22-18(25)11-21-16)14-3-2-4-17(24-14)23-13-5-8-20-9-13;1-2/h2-4,10-13,20H,5-9H2,1H3,(H,23,24);1-2H3. The molecule has 0 spiro atoms. The molecule has 142 valence electrons. The zero-order valence-corrected chi connectivity index (χ0v) is 16.4. The van der Waals surface area contributed by atoms with Crippen LogP contribution < -0.4 is 10.6 Å². The Balaban J connectivity index is 0.000000872. The number of nitrogens with zero attached hydrogens (tertiary/aromatic N) is 4. The van der Waals surface area contributed by atoms with Gasteiger partial charge in [0.05, 0.1) is 29.5 Å². The van der Waals surface area contributed by atoms with Gasteiger partial charge in [-0.1, -0.05) is 26.8 Å². The molecule has 1 unspecified atom stereocenters. The molecule has 0 amide bonds. The fourth-order valence-electron chi connectivity index (χ4n) is 3.48. The molecule has 0 bridgehead atoms. The van der Waals surface area contributed by atoms with Crippen molar-refractivity contribution in [2.24, 2.45) is 0 Å². The van der Waals surface area contributed by atoms with Crippen LogP contribution in [0.5, 0.6) is 0 Å². The van der Waals surface area contributed by atoms with Crippen LogP contribution >= 0.6 is 0 Å². The summed E-state index contributed by atoms with van der Waals surface area (Å²) in [6.07, 6.45) is 9.45. The van der Waals surface area contributed by atoms with Crippen LogP contribution in [0.3, 0.4) is 0 Å². The third-order valence-electron chi connectivity index (χ3n) is 5.44. The van der Waals surface area contributed by atoms with E-state index in [2.05, 4.69) is 44.2 Å². The molecule has 27 heavy (non-hydrogen) atoms. The molecule has 1 saturated carbocycles. The van der Waals surface area contributed by atoms with Crippen molar-refractivity contribution in [1.82, 2.24) is 24.7 Å². The van der Waals surface area contributed by atoms with Crippen LogP contribution in [-0.2, 0) is 5.41 Å². The van der Waals surface area contributed by atoms with Gasteiger partial charge in [0.15, 0.2) is 5.65 Å². The Bertz CT molecular complexity index is 921. The lowest BCUT2D eigenvalue weighted by Crippen LogP contribution is -2.22. The van der Waals surface area contributed by atoms with E-state index < -0.39 is 0 Å². The number of hydrogen-bond acceptors (Lipinski definition) is 5. The number of pyridine rings is 1. The van der Waals surface area contributed by atoms with Crippen molar-refractivity contribution < 1.29 is 0 Å². The number of imidazole rings is 1. The van der Waals surface area contributed by atoms with Crippen molar-refractivity contribution in [3.63, 3.8) is 0 Å². The summed E-state index contributed by atoms with van der Waals surface area (Å²) in [4.78, 5) is 13.9. The van der Waals surface area contributed by atoms with Gasteiger partial charge in [-0.3, -0.25) is 9.38 Å². The monoisotopic (exact) mass is 364 g/mol. The van der Waals surface area contributed by atoms with Gasteiger partial charge in [0.1, 0.15) is 5.82 Å². The van der Waals surface area contributed by atoms with Gasteiger partial charge in [-0.2, -0.15) is 0 Å². The van der Waals surface area contributed by atoms with Crippen molar-refractivity contribution in [2.45, 2.75) is 51.5 Å². The summed E-state index contributed by atoms with van der Waals surface area (Å²) in [7, 11) is 0. The average molecular weight is 364 g/mol. The molecule has 1 atom stereocenters. The maximum Gasteiger partial charge on any atom is 0.155 e. The summed E-state index contributed by atoms with van der Waals surface area (Å²) >= 11 is 0. The Kier molecular flexibility index (Phi) is 4.83. The summed E-state index contributed by atoms with van der Waals surface area (Å²) in [6, 6.07) is 6.58. The predicted octanol–water partition coefficient (Wildman–Crippen LogP) is 3.64. The quantitative estimate of drug-likeness (QED) is 0.740. The first-order valence-electron chi connectivity index (χ1n) is 10.00. The van der Waals surface area contributed by atoms with Gasteiger partial charge < -0.3 is 10.6 Å². The van der Waals surface area contributed by atoms with Crippen molar-refractivity contribution in [3.05, 3.63) is 42.5 Å². The van der Waals surface area contributed by atoms with E-state index >= 15 is 0 Å². The van der Waals surface area contributed by atoms with Gasteiger partial charge in [-0.25, -0.2) is 9.97 Å². The fraction of sp³-hybridized carbons (Fsp3) is 0.476. The lowest BCUT2D eigenvalue weighted by Gasteiger charge is -2.13. The maximum absolute atomic E-state index is 4.82. The number of hydrogen-bond donors (Lipinski definition) is 2. The largest absolute Gasteiger partial charge is 0.366 e. The topological polar surface area (TPSA) is 67.1 Å². The van der Waals surface area contributed by atoms with E-state index in [0.717, 1.165) is 48.1 Å². The Labute approximate surface area is 160 Å². The summed E-state index contributed by atoms with van der Waals surface area (Å²) < 4.78 is 2.12. The van der Waals surface area contributed by atoms with E-state index in [9.17, 15) is 0 Å². The molecule has 3 aromatic rings. The lowest BCUT2D eigenvalue weighted by molar-refractivity contribution is 0.739. The van der Waals surface area contributed by atoms with Gasteiger partial charge >= 0.3 is 0 Å². The first kappa shape index (κ1) is 17.9. The molecule has 3 aromatic heterocycles. The molecule has 6 nitrogen and oxygen atoms in total. The van der Waals surface area contributed by atoms with Crippen LogP contribution in [0.2, 0.25) is 0 Å². The Morgan fingerprint density at radius 3 is 2.78 bits per heavy atom. The van der Waals surface area contributed by atoms with E-state index in [0.29, 0.717) is 6.04 Å². The summed E-state index contributed by atoms with van der Waals surface area (Å²) in [5, 5.41) is 6.90. The zero-order valence-electron chi connectivity index (χ0n) is 16.4. The second-order valence-electron chi connectivity index (χ2n) is 7.45. The third kappa shape index (κ3) is 3.54. The van der Waals surface area contributed by atoms with Crippen LogP contribution in [0.1, 0.15) is 45.7 Å². The number of fused-ring (bicyclic) bond motifs is 1. The van der Waals surface area contributed by atoms with Crippen LogP contribution in [0.15, 0.2) is 36.8 Å². The van der Waals surface area contributed by atoms with Crippen LogP contribution in [0.25, 0.3) is 17.0 Å². The predicted molar refractivity (Wildman–Crippen MR) is 109 cm³/mol. The number of rotatable bonds is 4. The fourth-order valence-corrected chi connectivity index (χ4v) is 3.48. The SMILES string of the molecule is CC.CC1(c2cn3c(-c4cccc(NC5CCNC5)n4)cnc3cn2)CC1. The summed E-state index contributed by atoms with van der Waals surface area (Å²) in [5.74, 6) is 0.921. The molecule has 0 radical (unpaired) electrons. The van der Waals surface area contributed by atoms with Gasteiger partial charge in [-0.05, 0) is 37.9 Å². The second-order valence-corrected chi connectivity index (χ2v) is 7.45. The highest BCUT2D eigenvalue weighted by Crippen LogP contribution is 2.46. The van der Waals surface area contributed by atoms with Crippen LogP contribution in [0.4, 0.5) is 5.82 Å². The Morgan fingerprint density at radius 1 is 1.19 bits per heavy atom. The number of anilines is 1. The summed E-state index contributed by atoms with van der Waals surface area (Å²) in [6.45, 7) is 8.34. The maximum atomic E-state index is 4.82. The number of aromatic nitrogens is 4. The highest BCUT2D eigenvalue weighted by atomic mass is 15.1. The molecule has 5 rings (SSSR count). The molecular formula is C21H28N6. The third-order valence-corrected chi connectivity index (χ3v) is 5.44. The highest BCUT2D eigenvalue weighted by molar-refractivity contribution is 5.61. The van der Waals surface area contributed by atoms with Crippen molar-refractivity contribution in [2.75, 3.05) is 18.4 Å². The van der Waals surface area contributed by atoms with Gasteiger partial charge in [-0.15, -0.1) is 0 Å². The zero-order chi connectivity index (χ0) is 18.9. The normalized spacial score (nSPS) is 20.2. The first-order chi connectivity index (χ1) is 13.2. The van der Waals surface area contributed by atoms with E-state index in [-0.39, 0.29) is 5.41 Å². The Morgan fingerprint density at radius 2 is 2.04 bits per heavy atom. The average Bonchev–Trinajstić information content (AvgIpc) is 3.11. The molecule has 4 heterocycles. The minimum atomic E-state index is 0.238. The number of nitrogens with one attached hydrogen (secondary N) is 2. The molecule has 1 saturated heterocycles. The van der Waals surface area contributed by atoms with Crippen molar-refractivity contribution in [3.8, 4) is 11.4 Å². The van der Waals surface area contributed by atoms with E-state index in [4.69, 9.17) is 4.98 Å². The van der Waals surface area contributed by atoms with Crippen LogP contribution in [0, 0.1) is 0 Å². The molecule has 2 aliphatic rings.